The van der Waals surface area contributed by atoms with Gasteiger partial charge in [0, 0.05) is 18.7 Å². The molecule has 0 unspecified atom stereocenters. The molecule has 0 atom stereocenters. The van der Waals surface area contributed by atoms with Crippen LogP contribution in [0.25, 0.3) is 11.4 Å². The van der Waals surface area contributed by atoms with E-state index >= 15 is 0 Å². The monoisotopic (exact) mass is 384 g/mol. The summed E-state index contributed by atoms with van der Waals surface area (Å²) in [4.78, 5) is 19.8. The fourth-order valence-corrected chi connectivity index (χ4v) is 2.70. The number of benzene rings is 1. The Hall–Kier alpha value is -2.46. The Balaban J connectivity index is 1.61. The predicted octanol–water partition coefficient (Wildman–Crippen LogP) is 2.05. The Morgan fingerprint density at radius 1 is 1.30 bits per heavy atom. The number of aromatic nitrogens is 2. The first-order valence-electron chi connectivity index (χ1n) is 8.37. The maximum Gasteiger partial charge on any atom is 0.416 e. The maximum atomic E-state index is 12.8. The van der Waals surface area contributed by atoms with Gasteiger partial charge in [-0.2, -0.15) is 18.2 Å². The highest BCUT2D eigenvalue weighted by molar-refractivity contribution is 5.78. The molecule has 1 aliphatic heterocycles. The molecule has 27 heavy (non-hydrogen) atoms. The molecule has 0 aliphatic carbocycles. The van der Waals surface area contributed by atoms with Crippen molar-refractivity contribution in [1.29, 1.82) is 0 Å². The highest BCUT2D eigenvalue weighted by atomic mass is 19.4. The first kappa shape index (κ1) is 19.3. The topological polar surface area (TPSA) is 71.7 Å². The van der Waals surface area contributed by atoms with E-state index in [-0.39, 0.29) is 36.3 Å². The van der Waals surface area contributed by atoms with Gasteiger partial charge in [-0.3, -0.25) is 9.69 Å². The molecular formula is C17H19F3N4O3. The average Bonchev–Trinajstić information content (AvgIpc) is 3.10. The number of carbonyl (C=O) groups excluding carboxylic acids is 1. The van der Waals surface area contributed by atoms with E-state index in [2.05, 4.69) is 10.1 Å². The molecule has 1 aromatic heterocycles. The summed E-state index contributed by atoms with van der Waals surface area (Å²) in [7, 11) is 1.73. The van der Waals surface area contributed by atoms with E-state index in [0.717, 1.165) is 12.1 Å². The Morgan fingerprint density at radius 2 is 2.04 bits per heavy atom. The van der Waals surface area contributed by atoms with Crippen molar-refractivity contribution in [2.75, 3.05) is 39.9 Å². The lowest BCUT2D eigenvalue weighted by atomic mass is 10.1. The molecule has 10 heteroatoms. The Labute approximate surface area is 153 Å². The summed E-state index contributed by atoms with van der Waals surface area (Å²) in [6, 6.07) is 4.73. The van der Waals surface area contributed by atoms with Gasteiger partial charge in [0.25, 0.3) is 0 Å². The van der Waals surface area contributed by atoms with Crippen LogP contribution in [-0.4, -0.2) is 65.7 Å². The van der Waals surface area contributed by atoms with Crippen LogP contribution < -0.4 is 0 Å². The number of hydrogen-bond donors (Lipinski definition) is 0. The normalized spacial score (nSPS) is 15.4. The second-order valence-electron chi connectivity index (χ2n) is 6.26. The van der Waals surface area contributed by atoms with Crippen LogP contribution in [0.4, 0.5) is 13.2 Å². The average molecular weight is 384 g/mol. The van der Waals surface area contributed by atoms with Crippen molar-refractivity contribution < 1.29 is 27.2 Å². The molecule has 7 nitrogen and oxygen atoms in total. The van der Waals surface area contributed by atoms with Gasteiger partial charge < -0.3 is 14.2 Å². The molecule has 1 fully saturated rings. The summed E-state index contributed by atoms with van der Waals surface area (Å²) >= 11 is 0. The second kappa shape index (κ2) is 8.05. The number of carbonyl (C=O) groups is 1. The third kappa shape index (κ3) is 5.04. The van der Waals surface area contributed by atoms with Gasteiger partial charge in [-0.1, -0.05) is 17.3 Å². The zero-order chi connectivity index (χ0) is 19.4. The molecule has 0 spiro atoms. The van der Waals surface area contributed by atoms with Gasteiger partial charge in [-0.05, 0) is 19.2 Å². The van der Waals surface area contributed by atoms with Crippen molar-refractivity contribution in [3.8, 4) is 11.4 Å². The summed E-state index contributed by atoms with van der Waals surface area (Å²) in [6.07, 6.45) is -4.44. The molecule has 3 rings (SSSR count). The van der Waals surface area contributed by atoms with E-state index in [1.54, 1.807) is 16.8 Å². The van der Waals surface area contributed by atoms with Gasteiger partial charge in [0.15, 0.2) is 0 Å². The zero-order valence-corrected chi connectivity index (χ0v) is 14.7. The number of amides is 1. The van der Waals surface area contributed by atoms with E-state index in [4.69, 9.17) is 9.26 Å². The lowest BCUT2D eigenvalue weighted by Gasteiger charge is -2.28. The molecule has 146 valence electrons. The molecule has 1 aliphatic rings. The van der Waals surface area contributed by atoms with Gasteiger partial charge in [0.05, 0.1) is 31.9 Å². The molecule has 1 amide bonds. The molecule has 2 aromatic rings. The number of hydrogen-bond acceptors (Lipinski definition) is 6. The molecule has 1 aromatic carbocycles. The van der Waals surface area contributed by atoms with E-state index < -0.39 is 11.7 Å². The number of ether oxygens (including phenoxy) is 1. The smallest absolute Gasteiger partial charge is 0.378 e. The molecule has 2 heterocycles. The van der Waals surface area contributed by atoms with Crippen LogP contribution in [0.1, 0.15) is 11.5 Å². The van der Waals surface area contributed by atoms with Crippen LogP contribution in [0.2, 0.25) is 0 Å². The van der Waals surface area contributed by atoms with Crippen LogP contribution in [0.15, 0.2) is 28.8 Å². The largest absolute Gasteiger partial charge is 0.416 e. The van der Waals surface area contributed by atoms with Crippen molar-refractivity contribution in [3.63, 3.8) is 0 Å². The number of morpholine rings is 1. The van der Waals surface area contributed by atoms with Crippen LogP contribution >= 0.6 is 0 Å². The minimum absolute atomic E-state index is 0.0292. The SMILES string of the molecule is CN(CC(=O)N1CCOCC1)Cc1nc(-c2cccc(C(F)(F)F)c2)no1. The van der Waals surface area contributed by atoms with Crippen LogP contribution in [-0.2, 0) is 22.3 Å². The molecule has 0 saturated carbocycles. The second-order valence-corrected chi connectivity index (χ2v) is 6.26. The van der Waals surface area contributed by atoms with Crippen molar-refractivity contribution >= 4 is 5.91 Å². The third-order valence-electron chi connectivity index (χ3n) is 4.09. The standard InChI is InChI=1S/C17H19F3N4O3/c1-23(11-15(25)24-5-7-26-8-6-24)10-14-21-16(22-27-14)12-3-2-4-13(9-12)17(18,19)20/h2-4,9H,5-8,10-11H2,1H3. The minimum Gasteiger partial charge on any atom is -0.378 e. The highest BCUT2D eigenvalue weighted by Crippen LogP contribution is 2.31. The molecule has 0 radical (unpaired) electrons. The summed E-state index contributed by atoms with van der Waals surface area (Å²) in [6.45, 7) is 2.56. The van der Waals surface area contributed by atoms with E-state index in [1.807, 2.05) is 0 Å². The minimum atomic E-state index is -4.44. The third-order valence-corrected chi connectivity index (χ3v) is 4.09. The number of nitrogens with zero attached hydrogens (tertiary/aromatic N) is 4. The van der Waals surface area contributed by atoms with Crippen LogP contribution in [0.5, 0.6) is 0 Å². The lowest BCUT2D eigenvalue weighted by Crippen LogP contribution is -2.44. The van der Waals surface area contributed by atoms with Crippen molar-refractivity contribution in [3.05, 3.63) is 35.7 Å². The van der Waals surface area contributed by atoms with Gasteiger partial charge >= 0.3 is 6.18 Å². The van der Waals surface area contributed by atoms with Crippen LogP contribution in [0, 0.1) is 0 Å². The summed E-state index contributed by atoms with van der Waals surface area (Å²) in [5.74, 6) is 0.266. The predicted molar refractivity (Wildman–Crippen MR) is 88.5 cm³/mol. The maximum absolute atomic E-state index is 12.8. The van der Waals surface area contributed by atoms with Crippen molar-refractivity contribution in [2.45, 2.75) is 12.7 Å². The Kier molecular flexibility index (Phi) is 5.76. The van der Waals surface area contributed by atoms with E-state index in [9.17, 15) is 18.0 Å². The Bertz CT molecular complexity index is 788. The molecular weight excluding hydrogens is 365 g/mol. The van der Waals surface area contributed by atoms with Crippen molar-refractivity contribution in [2.24, 2.45) is 0 Å². The van der Waals surface area contributed by atoms with Gasteiger partial charge in [-0.15, -0.1) is 0 Å². The fraction of sp³-hybridized carbons (Fsp3) is 0.471. The Morgan fingerprint density at radius 3 is 2.74 bits per heavy atom. The summed E-state index contributed by atoms with van der Waals surface area (Å²) in [5, 5.41) is 3.74. The summed E-state index contributed by atoms with van der Waals surface area (Å²) < 4.78 is 48.8. The zero-order valence-electron chi connectivity index (χ0n) is 14.7. The number of rotatable bonds is 5. The molecule has 1 saturated heterocycles. The fourth-order valence-electron chi connectivity index (χ4n) is 2.70. The lowest BCUT2D eigenvalue weighted by molar-refractivity contribution is -0.137. The van der Waals surface area contributed by atoms with Crippen LogP contribution in [0.3, 0.4) is 0 Å². The van der Waals surface area contributed by atoms with Gasteiger partial charge in [0.2, 0.25) is 17.6 Å². The number of alkyl halides is 3. The van der Waals surface area contributed by atoms with Gasteiger partial charge in [0.1, 0.15) is 0 Å². The first-order chi connectivity index (χ1) is 12.8. The van der Waals surface area contributed by atoms with Gasteiger partial charge in [-0.25, -0.2) is 0 Å². The summed E-state index contributed by atoms with van der Waals surface area (Å²) in [5.41, 5.74) is -0.563. The highest BCUT2D eigenvalue weighted by Gasteiger charge is 2.30. The molecule has 0 N–H and O–H groups in total. The molecule has 0 bridgehead atoms. The van der Waals surface area contributed by atoms with E-state index in [1.165, 1.54) is 12.1 Å². The number of halogens is 3. The quantitative estimate of drug-likeness (QED) is 0.786. The van der Waals surface area contributed by atoms with E-state index in [0.29, 0.717) is 26.3 Å². The number of likely N-dealkylation sites (N-methyl/N-ethyl adjacent to an activating group) is 1. The van der Waals surface area contributed by atoms with Crippen molar-refractivity contribution in [1.82, 2.24) is 19.9 Å². The first-order valence-corrected chi connectivity index (χ1v) is 8.37.